The molecule has 0 amide bonds. The monoisotopic (exact) mass is 272 g/mol. The lowest BCUT2D eigenvalue weighted by Gasteiger charge is -2.09. The van der Waals surface area contributed by atoms with Crippen LogP contribution in [0.5, 0.6) is 0 Å². The predicted molar refractivity (Wildman–Crippen MR) is 78.6 cm³/mol. The summed E-state index contributed by atoms with van der Waals surface area (Å²) in [4.78, 5) is 2.16. The summed E-state index contributed by atoms with van der Waals surface area (Å²) in [5.74, 6) is 0.738. The number of aromatic nitrogens is 2. The van der Waals surface area contributed by atoms with Crippen molar-refractivity contribution >= 4 is 11.7 Å². The number of aryl methyl sites for hydroxylation is 2. The predicted octanol–water partition coefficient (Wildman–Crippen LogP) is 2.43. The van der Waals surface area contributed by atoms with E-state index in [1.165, 1.54) is 18.4 Å². The maximum atomic E-state index is 5.71. The average Bonchev–Trinajstić information content (AvgIpc) is 3.11. The molecule has 5 heteroatoms. The van der Waals surface area contributed by atoms with Crippen LogP contribution in [0.3, 0.4) is 0 Å². The Bertz CT molecular complexity index is 543. The van der Waals surface area contributed by atoms with Crippen molar-refractivity contribution in [3.63, 3.8) is 0 Å². The Morgan fingerprint density at radius 3 is 2.55 bits per heavy atom. The minimum Gasteiger partial charge on any atom is -0.408 e. The second-order valence-corrected chi connectivity index (χ2v) is 5.27. The van der Waals surface area contributed by atoms with Gasteiger partial charge in [-0.3, -0.25) is 0 Å². The number of anilines is 2. The highest BCUT2D eigenvalue weighted by Gasteiger charge is 2.17. The van der Waals surface area contributed by atoms with Crippen LogP contribution in [-0.2, 0) is 12.8 Å². The lowest BCUT2D eigenvalue weighted by Crippen LogP contribution is -2.17. The molecule has 2 N–H and O–H groups in total. The normalized spacial score (nSPS) is 14.9. The first-order valence-corrected chi connectivity index (χ1v) is 7.23. The van der Waals surface area contributed by atoms with E-state index < -0.39 is 0 Å². The van der Waals surface area contributed by atoms with E-state index in [0.717, 1.165) is 43.9 Å². The summed E-state index contributed by atoms with van der Waals surface area (Å²) >= 11 is 0. The van der Waals surface area contributed by atoms with Crippen molar-refractivity contribution in [1.29, 1.82) is 0 Å². The van der Waals surface area contributed by atoms with Gasteiger partial charge in [0.15, 0.2) is 0 Å². The summed E-state index contributed by atoms with van der Waals surface area (Å²) in [6.45, 7) is 2.07. The van der Waals surface area contributed by atoms with Gasteiger partial charge in [0, 0.05) is 25.2 Å². The summed E-state index contributed by atoms with van der Waals surface area (Å²) in [5.41, 5.74) is 7.77. The fourth-order valence-corrected chi connectivity index (χ4v) is 2.51. The minimum atomic E-state index is 0.685. The van der Waals surface area contributed by atoms with Crippen molar-refractivity contribution in [2.24, 2.45) is 0 Å². The first-order valence-electron chi connectivity index (χ1n) is 7.23. The molecular formula is C15H20N4O. The highest BCUT2D eigenvalue weighted by Crippen LogP contribution is 2.19. The Balaban J connectivity index is 1.49. The van der Waals surface area contributed by atoms with Crippen LogP contribution < -0.4 is 10.6 Å². The van der Waals surface area contributed by atoms with Crippen LogP contribution >= 0.6 is 0 Å². The van der Waals surface area contributed by atoms with Crippen molar-refractivity contribution in [2.75, 3.05) is 23.7 Å². The molecule has 0 atom stereocenters. The molecule has 2 heterocycles. The van der Waals surface area contributed by atoms with Crippen molar-refractivity contribution < 1.29 is 4.42 Å². The van der Waals surface area contributed by atoms with Gasteiger partial charge in [-0.2, -0.15) is 0 Å². The lowest BCUT2D eigenvalue weighted by atomic mass is 10.1. The Hall–Kier alpha value is -2.04. The van der Waals surface area contributed by atoms with Crippen LogP contribution in [-0.4, -0.2) is 23.3 Å². The van der Waals surface area contributed by atoms with Gasteiger partial charge in [0.25, 0.3) is 0 Å². The number of hydrogen-bond donors (Lipinski definition) is 1. The standard InChI is InChI=1S/C15H20N4O/c16-13-8-6-12(7-9-13)4-3-5-14-17-18-15(20-14)19-10-1-2-11-19/h6-9H,1-5,10-11,16H2. The zero-order valence-electron chi connectivity index (χ0n) is 11.6. The Labute approximate surface area is 118 Å². The third-order valence-corrected chi connectivity index (χ3v) is 3.67. The van der Waals surface area contributed by atoms with E-state index in [-0.39, 0.29) is 0 Å². The van der Waals surface area contributed by atoms with Crippen molar-refractivity contribution in [3.8, 4) is 0 Å². The summed E-state index contributed by atoms with van der Waals surface area (Å²) in [7, 11) is 0. The molecule has 106 valence electrons. The number of nitrogens with zero attached hydrogens (tertiary/aromatic N) is 3. The van der Waals surface area contributed by atoms with E-state index in [4.69, 9.17) is 10.2 Å². The van der Waals surface area contributed by atoms with Gasteiger partial charge in [0.2, 0.25) is 5.89 Å². The first-order chi connectivity index (χ1) is 9.81. The fourth-order valence-electron chi connectivity index (χ4n) is 2.51. The molecule has 0 aliphatic carbocycles. The Morgan fingerprint density at radius 1 is 1.05 bits per heavy atom. The molecule has 3 rings (SSSR count). The average molecular weight is 272 g/mol. The lowest BCUT2D eigenvalue weighted by molar-refractivity contribution is 0.483. The van der Waals surface area contributed by atoms with Gasteiger partial charge < -0.3 is 15.1 Å². The molecule has 1 fully saturated rings. The van der Waals surface area contributed by atoms with Crippen LogP contribution in [0.1, 0.15) is 30.7 Å². The molecule has 1 saturated heterocycles. The van der Waals surface area contributed by atoms with Crippen LogP contribution in [0.2, 0.25) is 0 Å². The van der Waals surface area contributed by atoms with Gasteiger partial charge in [0.05, 0.1) is 0 Å². The number of nitrogen functional groups attached to an aromatic ring is 1. The Morgan fingerprint density at radius 2 is 1.80 bits per heavy atom. The first kappa shape index (κ1) is 13.0. The molecule has 0 unspecified atom stereocenters. The number of benzene rings is 1. The minimum absolute atomic E-state index is 0.685. The molecule has 0 bridgehead atoms. The summed E-state index contributed by atoms with van der Waals surface area (Å²) in [6.07, 6.45) is 5.27. The summed E-state index contributed by atoms with van der Waals surface area (Å²) in [6, 6.07) is 8.70. The second kappa shape index (κ2) is 5.94. The molecule has 5 nitrogen and oxygen atoms in total. The van der Waals surface area contributed by atoms with Crippen LogP contribution in [0, 0.1) is 0 Å². The van der Waals surface area contributed by atoms with Crippen molar-refractivity contribution in [1.82, 2.24) is 10.2 Å². The van der Waals surface area contributed by atoms with Gasteiger partial charge in [-0.1, -0.05) is 17.2 Å². The summed E-state index contributed by atoms with van der Waals surface area (Å²) in [5, 5.41) is 8.26. The molecule has 1 aromatic heterocycles. The molecule has 1 aliphatic rings. The molecule has 2 aromatic rings. The Kier molecular flexibility index (Phi) is 3.85. The van der Waals surface area contributed by atoms with Gasteiger partial charge in [-0.15, -0.1) is 5.10 Å². The topological polar surface area (TPSA) is 68.2 Å². The maximum Gasteiger partial charge on any atom is 0.318 e. The smallest absolute Gasteiger partial charge is 0.318 e. The van der Waals surface area contributed by atoms with Crippen LogP contribution in [0.25, 0.3) is 0 Å². The number of hydrogen-bond acceptors (Lipinski definition) is 5. The molecule has 1 aliphatic heterocycles. The van der Waals surface area contributed by atoms with E-state index in [1.807, 2.05) is 12.1 Å². The fraction of sp³-hybridized carbons (Fsp3) is 0.467. The summed E-state index contributed by atoms with van der Waals surface area (Å²) < 4.78 is 5.71. The molecular weight excluding hydrogens is 252 g/mol. The molecule has 0 spiro atoms. The number of nitrogens with two attached hydrogens (primary N) is 1. The van der Waals surface area contributed by atoms with Crippen molar-refractivity contribution in [3.05, 3.63) is 35.7 Å². The van der Waals surface area contributed by atoms with Gasteiger partial charge in [-0.05, 0) is 43.4 Å². The highest BCUT2D eigenvalue weighted by molar-refractivity contribution is 5.39. The largest absolute Gasteiger partial charge is 0.408 e. The molecule has 1 aromatic carbocycles. The van der Waals surface area contributed by atoms with E-state index in [9.17, 15) is 0 Å². The van der Waals surface area contributed by atoms with Crippen LogP contribution in [0.4, 0.5) is 11.7 Å². The van der Waals surface area contributed by atoms with Gasteiger partial charge >= 0.3 is 6.01 Å². The van der Waals surface area contributed by atoms with Crippen molar-refractivity contribution in [2.45, 2.75) is 32.1 Å². The third kappa shape index (κ3) is 3.10. The molecule has 0 radical (unpaired) electrons. The van der Waals surface area contributed by atoms with E-state index in [0.29, 0.717) is 6.01 Å². The maximum absolute atomic E-state index is 5.71. The van der Waals surface area contributed by atoms with E-state index in [1.54, 1.807) is 0 Å². The SMILES string of the molecule is Nc1ccc(CCCc2nnc(N3CCCC3)o2)cc1. The number of rotatable bonds is 5. The zero-order valence-corrected chi connectivity index (χ0v) is 11.6. The zero-order chi connectivity index (χ0) is 13.8. The third-order valence-electron chi connectivity index (χ3n) is 3.67. The quantitative estimate of drug-likeness (QED) is 0.847. The van der Waals surface area contributed by atoms with Gasteiger partial charge in [-0.25, -0.2) is 0 Å². The van der Waals surface area contributed by atoms with E-state index >= 15 is 0 Å². The van der Waals surface area contributed by atoms with Gasteiger partial charge in [0.1, 0.15) is 0 Å². The molecule has 0 saturated carbocycles. The van der Waals surface area contributed by atoms with Crippen LogP contribution in [0.15, 0.2) is 28.7 Å². The van der Waals surface area contributed by atoms with E-state index in [2.05, 4.69) is 27.2 Å². The second-order valence-electron chi connectivity index (χ2n) is 5.27. The molecule has 20 heavy (non-hydrogen) atoms. The highest BCUT2D eigenvalue weighted by atomic mass is 16.4.